The molecule has 3 heteroatoms. The molecule has 70 valence electrons. The van der Waals surface area contributed by atoms with E-state index in [9.17, 15) is 4.79 Å². The molecule has 1 unspecified atom stereocenters. The van der Waals surface area contributed by atoms with Gasteiger partial charge in [-0.3, -0.25) is 4.79 Å². The molecule has 0 aliphatic carbocycles. The maximum Gasteiger partial charge on any atom is 0.294 e. The van der Waals surface area contributed by atoms with Crippen LogP contribution in [0.3, 0.4) is 0 Å². The Labute approximate surface area is 82.5 Å². The maximum atomic E-state index is 9.92. The Hall–Kier alpha value is -1.02. The highest BCUT2D eigenvalue weighted by Gasteiger charge is 2.03. The van der Waals surface area contributed by atoms with Crippen LogP contribution < -0.4 is 0 Å². The zero-order valence-electron chi connectivity index (χ0n) is 7.15. The molecule has 0 aliphatic heterocycles. The van der Waals surface area contributed by atoms with Gasteiger partial charge in [-0.1, -0.05) is 41.9 Å². The second kappa shape index (κ2) is 5.60. The summed E-state index contributed by atoms with van der Waals surface area (Å²) in [5.41, 5.74) is 0.681. The monoisotopic (exact) mass is 198 g/mol. The molecule has 0 bridgehead atoms. The molecular formula is C10H11ClO2. The van der Waals surface area contributed by atoms with Gasteiger partial charge in [0.05, 0.1) is 0 Å². The average Bonchev–Trinajstić information content (AvgIpc) is 2.17. The molecular weight excluding hydrogens is 188 g/mol. The lowest BCUT2D eigenvalue weighted by Crippen LogP contribution is -2.04. The lowest BCUT2D eigenvalue weighted by Gasteiger charge is -2.06. The topological polar surface area (TPSA) is 26.3 Å². The van der Waals surface area contributed by atoms with Crippen LogP contribution >= 0.6 is 11.6 Å². The van der Waals surface area contributed by atoms with Crippen LogP contribution in [-0.4, -0.2) is 12.0 Å². The van der Waals surface area contributed by atoms with Gasteiger partial charge in [0.15, 0.2) is 5.56 Å². The molecule has 1 aromatic rings. The second-order valence-electron chi connectivity index (χ2n) is 2.67. The van der Waals surface area contributed by atoms with Crippen molar-refractivity contribution in [3.05, 3.63) is 35.9 Å². The van der Waals surface area contributed by atoms with Crippen molar-refractivity contribution in [1.29, 1.82) is 0 Å². The summed E-state index contributed by atoms with van der Waals surface area (Å²) in [4.78, 5) is 9.92. The Morgan fingerprint density at radius 3 is 2.69 bits per heavy atom. The molecule has 0 saturated heterocycles. The first-order valence-corrected chi connectivity index (χ1v) is 4.53. The van der Waals surface area contributed by atoms with Gasteiger partial charge in [-0.25, -0.2) is 0 Å². The highest BCUT2D eigenvalue weighted by atomic mass is 35.5. The largest absolute Gasteiger partial charge is 0.448 e. The van der Waals surface area contributed by atoms with Gasteiger partial charge < -0.3 is 4.74 Å². The summed E-state index contributed by atoms with van der Waals surface area (Å²) in [6.07, 6.45) is 1.47. The SMILES string of the molecule is O=COC(Cl)CCc1ccccc1. The minimum Gasteiger partial charge on any atom is -0.448 e. The van der Waals surface area contributed by atoms with Gasteiger partial charge in [0.2, 0.25) is 0 Å². The van der Waals surface area contributed by atoms with Crippen molar-refractivity contribution in [3.63, 3.8) is 0 Å². The van der Waals surface area contributed by atoms with Gasteiger partial charge in [0, 0.05) is 6.42 Å². The number of aryl methyl sites for hydroxylation is 1. The highest BCUT2D eigenvalue weighted by molar-refractivity contribution is 6.20. The van der Waals surface area contributed by atoms with Crippen LogP contribution in [0.2, 0.25) is 0 Å². The zero-order chi connectivity index (χ0) is 9.52. The summed E-state index contributed by atoms with van der Waals surface area (Å²) in [5.74, 6) is 0. The summed E-state index contributed by atoms with van der Waals surface area (Å²) in [7, 11) is 0. The van der Waals surface area contributed by atoms with E-state index in [1.807, 2.05) is 30.3 Å². The predicted octanol–water partition coefficient (Wildman–Crippen LogP) is 2.36. The van der Waals surface area contributed by atoms with E-state index in [-0.39, 0.29) is 0 Å². The van der Waals surface area contributed by atoms with E-state index in [0.29, 0.717) is 12.9 Å². The number of hydrogen-bond acceptors (Lipinski definition) is 2. The third-order valence-corrected chi connectivity index (χ3v) is 2.03. The summed E-state index contributed by atoms with van der Waals surface area (Å²) < 4.78 is 4.55. The van der Waals surface area contributed by atoms with Crippen molar-refractivity contribution < 1.29 is 9.53 Å². The van der Waals surface area contributed by atoms with Gasteiger partial charge in [0.25, 0.3) is 6.47 Å². The van der Waals surface area contributed by atoms with Crippen molar-refractivity contribution in [1.82, 2.24) is 0 Å². The maximum absolute atomic E-state index is 9.92. The van der Waals surface area contributed by atoms with Gasteiger partial charge in [-0.05, 0) is 12.0 Å². The van der Waals surface area contributed by atoms with Gasteiger partial charge in [0.1, 0.15) is 0 Å². The average molecular weight is 199 g/mol. The first-order chi connectivity index (χ1) is 6.33. The minimum absolute atomic E-state index is 0.378. The number of rotatable bonds is 5. The molecule has 0 aromatic heterocycles. The van der Waals surface area contributed by atoms with Crippen LogP contribution in [0.1, 0.15) is 12.0 Å². The normalized spacial score (nSPS) is 12.1. The van der Waals surface area contributed by atoms with Crippen molar-refractivity contribution in [2.45, 2.75) is 18.4 Å². The first-order valence-electron chi connectivity index (χ1n) is 4.10. The quantitative estimate of drug-likeness (QED) is 0.536. The number of carbonyl (C=O) groups is 1. The summed E-state index contributed by atoms with van der Waals surface area (Å²) in [6.45, 7) is 0.378. The standard InChI is InChI=1S/C10H11ClO2/c11-10(13-8-12)7-6-9-4-2-1-3-5-9/h1-5,8,10H,6-7H2. The number of halogens is 1. The van der Waals surface area contributed by atoms with E-state index < -0.39 is 5.56 Å². The van der Waals surface area contributed by atoms with Crippen LogP contribution in [0.5, 0.6) is 0 Å². The first kappa shape index (κ1) is 10.1. The van der Waals surface area contributed by atoms with Crippen molar-refractivity contribution in [2.75, 3.05) is 0 Å². The van der Waals surface area contributed by atoms with Crippen LogP contribution in [0.4, 0.5) is 0 Å². The van der Waals surface area contributed by atoms with Crippen LogP contribution in [0, 0.1) is 0 Å². The number of benzene rings is 1. The van der Waals surface area contributed by atoms with E-state index >= 15 is 0 Å². The molecule has 0 spiro atoms. The molecule has 0 saturated carbocycles. The Bertz CT molecular complexity index is 248. The second-order valence-corrected chi connectivity index (χ2v) is 3.15. The number of ether oxygens (including phenoxy) is 1. The highest BCUT2D eigenvalue weighted by Crippen LogP contribution is 2.09. The van der Waals surface area contributed by atoms with Crippen LogP contribution in [0.25, 0.3) is 0 Å². The molecule has 1 atom stereocenters. The molecule has 0 fully saturated rings. The fraction of sp³-hybridized carbons (Fsp3) is 0.300. The summed E-state index contributed by atoms with van der Waals surface area (Å²) in [6, 6.07) is 9.94. The Kier molecular flexibility index (Phi) is 4.33. The summed E-state index contributed by atoms with van der Waals surface area (Å²) in [5, 5.41) is 0. The number of alkyl halides is 1. The Balaban J connectivity index is 2.30. The number of carbonyl (C=O) groups excluding carboxylic acids is 1. The van der Waals surface area contributed by atoms with E-state index in [1.165, 1.54) is 5.56 Å². The fourth-order valence-electron chi connectivity index (χ4n) is 1.05. The molecule has 13 heavy (non-hydrogen) atoms. The third-order valence-electron chi connectivity index (χ3n) is 1.71. The van der Waals surface area contributed by atoms with Crippen LogP contribution in [-0.2, 0) is 16.0 Å². The zero-order valence-corrected chi connectivity index (χ0v) is 7.91. The van der Waals surface area contributed by atoms with Crippen molar-refractivity contribution in [3.8, 4) is 0 Å². The van der Waals surface area contributed by atoms with Gasteiger partial charge in [-0.2, -0.15) is 0 Å². The molecule has 2 nitrogen and oxygen atoms in total. The Morgan fingerprint density at radius 2 is 2.08 bits per heavy atom. The van der Waals surface area contributed by atoms with E-state index in [2.05, 4.69) is 4.74 Å². The lowest BCUT2D eigenvalue weighted by molar-refractivity contribution is -0.130. The van der Waals surface area contributed by atoms with Gasteiger partial charge in [-0.15, -0.1) is 0 Å². The van der Waals surface area contributed by atoms with Crippen molar-refractivity contribution in [2.24, 2.45) is 0 Å². The predicted molar refractivity (Wildman–Crippen MR) is 51.6 cm³/mol. The van der Waals surface area contributed by atoms with Crippen LogP contribution in [0.15, 0.2) is 30.3 Å². The number of hydrogen-bond donors (Lipinski definition) is 0. The van der Waals surface area contributed by atoms with Gasteiger partial charge >= 0.3 is 0 Å². The molecule has 0 heterocycles. The molecule has 0 amide bonds. The fourth-order valence-corrected chi connectivity index (χ4v) is 1.20. The molecule has 0 N–H and O–H groups in total. The van der Waals surface area contributed by atoms with Crippen molar-refractivity contribution >= 4 is 18.1 Å². The lowest BCUT2D eigenvalue weighted by atomic mass is 10.1. The van der Waals surface area contributed by atoms with E-state index in [0.717, 1.165) is 6.42 Å². The third kappa shape index (κ3) is 3.95. The van der Waals surface area contributed by atoms with E-state index in [4.69, 9.17) is 11.6 Å². The molecule has 1 aromatic carbocycles. The smallest absolute Gasteiger partial charge is 0.294 e. The minimum atomic E-state index is -0.516. The molecule has 1 rings (SSSR count). The summed E-state index contributed by atoms with van der Waals surface area (Å²) >= 11 is 5.68. The van der Waals surface area contributed by atoms with E-state index in [1.54, 1.807) is 0 Å². The Morgan fingerprint density at radius 1 is 1.38 bits per heavy atom. The molecule has 0 aliphatic rings. The molecule has 0 radical (unpaired) electrons.